The first-order chi connectivity index (χ1) is 12.6. The van der Waals surface area contributed by atoms with E-state index in [1.807, 2.05) is 30.0 Å². The minimum absolute atomic E-state index is 0.129. The molecule has 0 radical (unpaired) electrons. The Balaban J connectivity index is 1.42. The highest BCUT2D eigenvalue weighted by atomic mass is 32.2. The fourth-order valence-corrected chi connectivity index (χ4v) is 4.37. The van der Waals surface area contributed by atoms with Gasteiger partial charge in [-0.2, -0.15) is 0 Å². The minimum Gasteiger partial charge on any atom is -0.340 e. The molecule has 0 spiro atoms. The summed E-state index contributed by atoms with van der Waals surface area (Å²) in [5.74, 6) is 1.24. The zero-order valence-electron chi connectivity index (χ0n) is 14.6. The number of para-hydroxylation sites is 2. The number of carbonyl (C=O) groups is 1. The van der Waals surface area contributed by atoms with Gasteiger partial charge >= 0.3 is 0 Å². The molecule has 1 fully saturated rings. The molecule has 1 saturated heterocycles. The van der Waals surface area contributed by atoms with Crippen LogP contribution < -0.4 is 0 Å². The monoisotopic (exact) mass is 369 g/mol. The first kappa shape index (κ1) is 17.1. The quantitative estimate of drug-likeness (QED) is 0.651. The van der Waals surface area contributed by atoms with Gasteiger partial charge in [-0.05, 0) is 49.7 Å². The smallest absolute Gasteiger partial charge is 0.233 e. The summed E-state index contributed by atoms with van der Waals surface area (Å²) in [4.78, 5) is 20.0. The van der Waals surface area contributed by atoms with Gasteiger partial charge in [0, 0.05) is 18.0 Å². The average Bonchev–Trinajstić information content (AvgIpc) is 3.24. The molecule has 2 aromatic carbocycles. The van der Waals surface area contributed by atoms with Gasteiger partial charge in [0.25, 0.3) is 0 Å². The number of hydrogen-bond donors (Lipinski definition) is 0. The Morgan fingerprint density at radius 3 is 2.81 bits per heavy atom. The van der Waals surface area contributed by atoms with Gasteiger partial charge in [0.05, 0.1) is 22.8 Å². The molecule has 2 heterocycles. The van der Waals surface area contributed by atoms with Crippen molar-refractivity contribution in [3.8, 4) is 0 Å². The van der Waals surface area contributed by atoms with Gasteiger partial charge in [-0.1, -0.05) is 12.1 Å². The molecular weight excluding hydrogens is 349 g/mol. The van der Waals surface area contributed by atoms with E-state index in [0.717, 1.165) is 34.7 Å². The Hall–Kier alpha value is -2.34. The molecular formula is C20H20FN3OS. The van der Waals surface area contributed by atoms with Crippen molar-refractivity contribution in [1.82, 2.24) is 14.5 Å². The molecule has 0 N–H and O–H groups in total. The van der Waals surface area contributed by atoms with Crippen LogP contribution in [0.5, 0.6) is 0 Å². The van der Waals surface area contributed by atoms with E-state index in [1.165, 1.54) is 23.9 Å². The van der Waals surface area contributed by atoms with Crippen LogP contribution >= 0.6 is 11.8 Å². The van der Waals surface area contributed by atoms with Crippen molar-refractivity contribution >= 4 is 28.7 Å². The normalized spacial score (nSPS) is 17.2. The molecule has 26 heavy (non-hydrogen) atoms. The number of benzene rings is 2. The summed E-state index contributed by atoms with van der Waals surface area (Å²) in [5, 5.41) is 0. The largest absolute Gasteiger partial charge is 0.340 e. The van der Waals surface area contributed by atoms with Gasteiger partial charge in [-0.25, -0.2) is 9.37 Å². The first-order valence-corrected chi connectivity index (χ1v) is 9.70. The van der Waals surface area contributed by atoms with E-state index >= 15 is 0 Å². The van der Waals surface area contributed by atoms with Crippen LogP contribution in [0.2, 0.25) is 0 Å². The Kier molecular flexibility index (Phi) is 4.68. The highest BCUT2D eigenvalue weighted by Crippen LogP contribution is 2.29. The van der Waals surface area contributed by atoms with Crippen molar-refractivity contribution in [3.05, 3.63) is 60.2 Å². The number of thioether (sulfide) groups is 1. The van der Waals surface area contributed by atoms with Crippen LogP contribution in [0.3, 0.4) is 0 Å². The van der Waals surface area contributed by atoms with Crippen LogP contribution in [-0.2, 0) is 4.79 Å². The van der Waals surface area contributed by atoms with E-state index in [-0.39, 0.29) is 17.8 Å². The number of aryl methyl sites for hydroxylation is 1. The van der Waals surface area contributed by atoms with Crippen molar-refractivity contribution in [2.24, 2.45) is 0 Å². The molecule has 1 atom stereocenters. The standard InChI is InChI=1S/C20H20FN3OS/c1-14-22-18-4-2-3-5-19(18)24(14)16-10-11-23(12-16)20(25)13-26-17-8-6-15(21)7-9-17/h2-9,16H,10-13H2,1H3/t16-/m0/s1. The molecule has 134 valence electrons. The lowest BCUT2D eigenvalue weighted by Gasteiger charge is -2.18. The number of carbonyl (C=O) groups excluding carboxylic acids is 1. The SMILES string of the molecule is Cc1nc2ccccc2n1[C@H]1CCN(C(=O)CSc2ccc(F)cc2)C1. The van der Waals surface area contributed by atoms with Gasteiger partial charge < -0.3 is 9.47 Å². The van der Waals surface area contributed by atoms with E-state index in [2.05, 4.69) is 15.6 Å². The summed E-state index contributed by atoms with van der Waals surface area (Å²) in [6, 6.07) is 14.7. The Labute approximate surface area is 156 Å². The van der Waals surface area contributed by atoms with Crippen LogP contribution in [0.1, 0.15) is 18.3 Å². The third-order valence-electron chi connectivity index (χ3n) is 4.83. The fourth-order valence-electron chi connectivity index (χ4n) is 3.57. The number of rotatable bonds is 4. The lowest BCUT2D eigenvalue weighted by atomic mass is 10.2. The summed E-state index contributed by atoms with van der Waals surface area (Å²) < 4.78 is 15.2. The number of likely N-dealkylation sites (tertiary alicyclic amines) is 1. The van der Waals surface area contributed by atoms with Crippen LogP contribution in [0, 0.1) is 12.7 Å². The molecule has 1 aliphatic rings. The van der Waals surface area contributed by atoms with Crippen LogP contribution in [0.15, 0.2) is 53.4 Å². The summed E-state index contributed by atoms with van der Waals surface area (Å²) in [5.41, 5.74) is 2.13. The predicted octanol–water partition coefficient (Wildman–Crippen LogP) is 4.05. The minimum atomic E-state index is -0.258. The van der Waals surface area contributed by atoms with Crippen molar-refractivity contribution in [2.45, 2.75) is 24.3 Å². The number of imidazole rings is 1. The Morgan fingerprint density at radius 1 is 1.23 bits per heavy atom. The third kappa shape index (κ3) is 3.33. The lowest BCUT2D eigenvalue weighted by Crippen LogP contribution is -2.30. The summed E-state index contributed by atoms with van der Waals surface area (Å²) in [7, 11) is 0. The van der Waals surface area contributed by atoms with Crippen molar-refractivity contribution in [3.63, 3.8) is 0 Å². The van der Waals surface area contributed by atoms with Crippen molar-refractivity contribution in [2.75, 3.05) is 18.8 Å². The van der Waals surface area contributed by atoms with E-state index < -0.39 is 0 Å². The number of amides is 1. The maximum Gasteiger partial charge on any atom is 0.233 e. The molecule has 6 heteroatoms. The molecule has 1 aliphatic heterocycles. The molecule has 1 amide bonds. The molecule has 0 unspecified atom stereocenters. The number of aromatic nitrogens is 2. The van der Waals surface area contributed by atoms with Gasteiger partial charge in [0.1, 0.15) is 11.6 Å². The highest BCUT2D eigenvalue weighted by molar-refractivity contribution is 8.00. The maximum atomic E-state index is 13.0. The molecule has 4 nitrogen and oxygen atoms in total. The zero-order valence-corrected chi connectivity index (χ0v) is 15.4. The van der Waals surface area contributed by atoms with E-state index in [4.69, 9.17) is 0 Å². The molecule has 0 aliphatic carbocycles. The van der Waals surface area contributed by atoms with Crippen LogP contribution in [-0.4, -0.2) is 39.2 Å². The second-order valence-corrected chi connectivity index (χ2v) is 7.59. The van der Waals surface area contributed by atoms with Crippen molar-refractivity contribution < 1.29 is 9.18 Å². The molecule has 0 saturated carbocycles. The first-order valence-electron chi connectivity index (χ1n) is 8.71. The maximum absolute atomic E-state index is 13.0. The Bertz CT molecular complexity index is 938. The molecule has 0 bridgehead atoms. The number of nitrogens with zero attached hydrogens (tertiary/aromatic N) is 3. The molecule has 3 aromatic rings. The Morgan fingerprint density at radius 2 is 2.00 bits per heavy atom. The second kappa shape index (κ2) is 7.11. The van der Waals surface area contributed by atoms with Crippen molar-refractivity contribution in [1.29, 1.82) is 0 Å². The van der Waals surface area contributed by atoms with Gasteiger partial charge in [0.2, 0.25) is 5.91 Å². The van der Waals surface area contributed by atoms with Gasteiger partial charge in [-0.15, -0.1) is 11.8 Å². The zero-order chi connectivity index (χ0) is 18.1. The molecule has 1 aromatic heterocycles. The van der Waals surface area contributed by atoms with E-state index in [9.17, 15) is 9.18 Å². The van der Waals surface area contributed by atoms with E-state index in [1.54, 1.807) is 12.1 Å². The average molecular weight is 369 g/mol. The van der Waals surface area contributed by atoms with Crippen LogP contribution in [0.4, 0.5) is 4.39 Å². The van der Waals surface area contributed by atoms with Crippen LogP contribution in [0.25, 0.3) is 11.0 Å². The summed E-state index contributed by atoms with van der Waals surface area (Å²) in [6.45, 7) is 3.50. The summed E-state index contributed by atoms with van der Waals surface area (Å²) >= 11 is 1.45. The topological polar surface area (TPSA) is 38.1 Å². The predicted molar refractivity (Wildman–Crippen MR) is 102 cm³/mol. The third-order valence-corrected chi connectivity index (χ3v) is 5.83. The van der Waals surface area contributed by atoms with Gasteiger partial charge in [0.15, 0.2) is 0 Å². The highest BCUT2D eigenvalue weighted by Gasteiger charge is 2.29. The van der Waals surface area contributed by atoms with E-state index in [0.29, 0.717) is 12.3 Å². The number of fused-ring (bicyclic) bond motifs is 1. The summed E-state index contributed by atoms with van der Waals surface area (Å²) in [6.07, 6.45) is 0.939. The molecule has 4 rings (SSSR count). The number of halogens is 1. The number of hydrogen-bond acceptors (Lipinski definition) is 3. The lowest BCUT2D eigenvalue weighted by molar-refractivity contribution is -0.127. The van der Waals surface area contributed by atoms with Gasteiger partial charge in [-0.3, -0.25) is 4.79 Å². The second-order valence-electron chi connectivity index (χ2n) is 6.54. The fraction of sp³-hybridized carbons (Fsp3) is 0.300.